The van der Waals surface area contributed by atoms with Gasteiger partial charge in [-0.3, -0.25) is 9.36 Å². The van der Waals surface area contributed by atoms with Gasteiger partial charge in [-0.1, -0.05) is 12.1 Å². The van der Waals surface area contributed by atoms with Crippen LogP contribution in [0.5, 0.6) is 0 Å². The van der Waals surface area contributed by atoms with Crippen LogP contribution in [0, 0.1) is 0 Å². The van der Waals surface area contributed by atoms with Gasteiger partial charge in [0, 0.05) is 12.4 Å². The zero-order valence-electron chi connectivity index (χ0n) is 9.54. The molecule has 1 unspecified atom stereocenters. The lowest BCUT2D eigenvalue weighted by Crippen LogP contribution is -2.32. The molecule has 0 bridgehead atoms. The predicted octanol–water partition coefficient (Wildman–Crippen LogP) is 0.120. The first-order valence-corrected chi connectivity index (χ1v) is 5.41. The van der Waals surface area contributed by atoms with Gasteiger partial charge in [0.25, 0.3) is 0 Å². The maximum absolute atomic E-state index is 11.4. The summed E-state index contributed by atoms with van der Waals surface area (Å²) in [7, 11) is 0. The van der Waals surface area contributed by atoms with Crippen LogP contribution in [0.2, 0.25) is 0 Å². The number of carbonyl (C=O) groups is 1. The van der Waals surface area contributed by atoms with E-state index in [2.05, 4.69) is 4.98 Å². The van der Waals surface area contributed by atoms with E-state index in [-0.39, 0.29) is 12.1 Å². The summed E-state index contributed by atoms with van der Waals surface area (Å²) in [4.78, 5) is 24.5. The van der Waals surface area contributed by atoms with Gasteiger partial charge < -0.3 is 15.8 Å². The number of benzene rings is 1. The van der Waals surface area contributed by atoms with E-state index in [4.69, 9.17) is 10.8 Å². The average molecular weight is 247 g/mol. The molecule has 0 spiro atoms. The van der Waals surface area contributed by atoms with E-state index in [9.17, 15) is 9.59 Å². The largest absolute Gasteiger partial charge is 0.480 e. The first-order chi connectivity index (χ1) is 8.58. The minimum absolute atomic E-state index is 0.218. The number of nitrogens with zero attached hydrogens (tertiary/aromatic N) is 1. The maximum Gasteiger partial charge on any atom is 0.330 e. The molecule has 0 aliphatic carbocycles. The lowest BCUT2D eigenvalue weighted by Gasteiger charge is -2.07. The Bertz CT molecular complexity index is 598. The molecule has 6 nitrogen and oxygen atoms in total. The SMILES string of the molecule is NC(Cc1ccc(-n2cc[nH]c2=O)cc1)C(=O)O. The number of carboxylic acids is 1. The Hall–Kier alpha value is -2.34. The van der Waals surface area contributed by atoms with Crippen LogP contribution in [0.1, 0.15) is 5.56 Å². The molecule has 4 N–H and O–H groups in total. The molecule has 0 saturated carbocycles. The Morgan fingerprint density at radius 3 is 2.56 bits per heavy atom. The van der Waals surface area contributed by atoms with Crippen LogP contribution >= 0.6 is 0 Å². The Morgan fingerprint density at radius 2 is 2.06 bits per heavy atom. The Morgan fingerprint density at radius 1 is 1.39 bits per heavy atom. The smallest absolute Gasteiger partial charge is 0.330 e. The average Bonchev–Trinajstić information content (AvgIpc) is 2.76. The van der Waals surface area contributed by atoms with Crippen LogP contribution in [-0.4, -0.2) is 26.7 Å². The van der Waals surface area contributed by atoms with Crippen molar-refractivity contribution in [2.45, 2.75) is 12.5 Å². The first kappa shape index (κ1) is 12.1. The van der Waals surface area contributed by atoms with Gasteiger partial charge in [-0.15, -0.1) is 0 Å². The highest BCUT2D eigenvalue weighted by Gasteiger charge is 2.11. The summed E-state index contributed by atoms with van der Waals surface area (Å²) in [6.07, 6.45) is 3.44. The van der Waals surface area contributed by atoms with Gasteiger partial charge in [0.2, 0.25) is 0 Å². The summed E-state index contributed by atoms with van der Waals surface area (Å²) < 4.78 is 1.46. The number of imidazole rings is 1. The fraction of sp³-hybridized carbons (Fsp3) is 0.167. The fourth-order valence-electron chi connectivity index (χ4n) is 1.66. The van der Waals surface area contributed by atoms with Gasteiger partial charge in [-0.05, 0) is 24.1 Å². The summed E-state index contributed by atoms with van der Waals surface area (Å²) in [5.41, 5.74) is 6.76. The van der Waals surface area contributed by atoms with Crippen LogP contribution in [0.4, 0.5) is 0 Å². The minimum Gasteiger partial charge on any atom is -0.480 e. The monoisotopic (exact) mass is 247 g/mol. The highest BCUT2D eigenvalue weighted by molar-refractivity contribution is 5.73. The van der Waals surface area contributed by atoms with Crippen LogP contribution < -0.4 is 11.4 Å². The number of aromatic amines is 1. The third-order valence-corrected chi connectivity index (χ3v) is 2.64. The molecule has 1 heterocycles. The molecule has 2 rings (SSSR count). The normalized spacial score (nSPS) is 12.3. The summed E-state index contributed by atoms with van der Waals surface area (Å²) in [6.45, 7) is 0. The maximum atomic E-state index is 11.4. The number of aromatic nitrogens is 2. The van der Waals surface area contributed by atoms with Crippen molar-refractivity contribution in [2.24, 2.45) is 5.73 Å². The van der Waals surface area contributed by atoms with E-state index < -0.39 is 12.0 Å². The van der Waals surface area contributed by atoms with Crippen molar-refractivity contribution in [1.82, 2.24) is 9.55 Å². The van der Waals surface area contributed by atoms with Crippen molar-refractivity contribution in [1.29, 1.82) is 0 Å². The molecule has 1 aromatic carbocycles. The standard InChI is InChI=1S/C12H13N3O3/c13-10(11(16)17)7-8-1-3-9(4-2-8)15-6-5-14-12(15)18/h1-6,10H,7,13H2,(H,14,18)(H,16,17). The number of carboxylic acid groups (broad SMARTS) is 1. The number of aliphatic carboxylic acids is 1. The van der Waals surface area contributed by atoms with E-state index in [0.717, 1.165) is 5.56 Å². The van der Waals surface area contributed by atoms with E-state index in [0.29, 0.717) is 5.69 Å². The lowest BCUT2D eigenvalue weighted by molar-refractivity contribution is -0.138. The van der Waals surface area contributed by atoms with Gasteiger partial charge in [-0.2, -0.15) is 0 Å². The fourth-order valence-corrected chi connectivity index (χ4v) is 1.66. The molecule has 0 aliphatic rings. The Labute approximate surface area is 103 Å². The van der Waals surface area contributed by atoms with Crippen molar-refractivity contribution >= 4 is 5.97 Å². The van der Waals surface area contributed by atoms with Crippen LogP contribution in [-0.2, 0) is 11.2 Å². The zero-order valence-corrected chi connectivity index (χ0v) is 9.54. The van der Waals surface area contributed by atoms with Gasteiger partial charge in [0.15, 0.2) is 0 Å². The lowest BCUT2D eigenvalue weighted by atomic mass is 10.1. The Kier molecular flexibility index (Phi) is 3.29. The van der Waals surface area contributed by atoms with Crippen molar-refractivity contribution in [2.75, 3.05) is 0 Å². The second kappa shape index (κ2) is 4.89. The molecule has 18 heavy (non-hydrogen) atoms. The second-order valence-electron chi connectivity index (χ2n) is 3.95. The number of nitrogens with one attached hydrogen (secondary N) is 1. The topological polar surface area (TPSA) is 101 Å². The number of hydrogen-bond donors (Lipinski definition) is 3. The number of H-pyrrole nitrogens is 1. The summed E-state index contributed by atoms with van der Waals surface area (Å²) >= 11 is 0. The van der Waals surface area contributed by atoms with Crippen molar-refractivity contribution in [3.63, 3.8) is 0 Å². The quantitative estimate of drug-likeness (QED) is 0.714. The molecular weight excluding hydrogens is 234 g/mol. The van der Waals surface area contributed by atoms with Crippen LogP contribution in [0.3, 0.4) is 0 Å². The number of hydrogen-bond acceptors (Lipinski definition) is 3. The van der Waals surface area contributed by atoms with E-state index in [1.54, 1.807) is 36.7 Å². The van der Waals surface area contributed by atoms with E-state index in [1.165, 1.54) is 4.57 Å². The van der Waals surface area contributed by atoms with Gasteiger partial charge >= 0.3 is 11.7 Å². The molecule has 94 valence electrons. The minimum atomic E-state index is -1.03. The summed E-state index contributed by atoms with van der Waals surface area (Å²) in [5.74, 6) is -1.03. The van der Waals surface area contributed by atoms with Crippen molar-refractivity contribution in [3.8, 4) is 5.69 Å². The second-order valence-corrected chi connectivity index (χ2v) is 3.95. The molecule has 1 aromatic heterocycles. The van der Waals surface area contributed by atoms with Gasteiger partial charge in [-0.25, -0.2) is 4.79 Å². The van der Waals surface area contributed by atoms with Crippen LogP contribution in [0.15, 0.2) is 41.5 Å². The number of nitrogens with two attached hydrogens (primary N) is 1. The molecule has 6 heteroatoms. The third-order valence-electron chi connectivity index (χ3n) is 2.64. The molecule has 1 atom stereocenters. The van der Waals surface area contributed by atoms with Crippen LogP contribution in [0.25, 0.3) is 5.69 Å². The van der Waals surface area contributed by atoms with Crippen molar-refractivity contribution in [3.05, 3.63) is 52.7 Å². The summed E-state index contributed by atoms with van der Waals surface area (Å²) in [5, 5.41) is 8.71. The highest BCUT2D eigenvalue weighted by atomic mass is 16.4. The highest BCUT2D eigenvalue weighted by Crippen LogP contribution is 2.09. The predicted molar refractivity (Wildman–Crippen MR) is 65.7 cm³/mol. The molecule has 0 saturated heterocycles. The molecule has 0 radical (unpaired) electrons. The molecule has 0 fully saturated rings. The first-order valence-electron chi connectivity index (χ1n) is 5.41. The van der Waals surface area contributed by atoms with Crippen molar-refractivity contribution < 1.29 is 9.90 Å². The van der Waals surface area contributed by atoms with Gasteiger partial charge in [0.1, 0.15) is 6.04 Å². The zero-order chi connectivity index (χ0) is 13.1. The molecular formula is C12H13N3O3. The van der Waals surface area contributed by atoms with E-state index in [1.807, 2.05) is 0 Å². The molecule has 0 amide bonds. The molecule has 2 aromatic rings. The van der Waals surface area contributed by atoms with E-state index >= 15 is 0 Å². The number of rotatable bonds is 4. The summed E-state index contributed by atoms with van der Waals surface area (Å²) in [6, 6.07) is 6.11. The Balaban J connectivity index is 2.18. The van der Waals surface area contributed by atoms with Gasteiger partial charge in [0.05, 0.1) is 5.69 Å². The molecule has 0 aliphatic heterocycles. The third kappa shape index (κ3) is 2.49.